The lowest BCUT2D eigenvalue weighted by Gasteiger charge is -2.25. The first-order chi connectivity index (χ1) is 8.13. The molecule has 1 rings (SSSR count). The second-order valence-corrected chi connectivity index (χ2v) is 6.60. The van der Waals surface area contributed by atoms with Crippen molar-refractivity contribution in [2.75, 3.05) is 13.1 Å². The zero-order valence-corrected chi connectivity index (χ0v) is 12.4. The third-order valence-corrected chi connectivity index (χ3v) is 3.54. The minimum atomic E-state index is -0.166. The molecular weight excluding hydrogens is 228 g/mol. The summed E-state index contributed by atoms with van der Waals surface area (Å²) in [5.41, 5.74) is 0.0634. The molecule has 0 saturated carbocycles. The zero-order valence-electron chi connectivity index (χ0n) is 12.4. The second-order valence-electron chi connectivity index (χ2n) is 6.60. The van der Waals surface area contributed by atoms with Crippen LogP contribution in [0.1, 0.15) is 41.5 Å². The lowest BCUT2D eigenvalue weighted by atomic mass is 10.00. The predicted octanol–water partition coefficient (Wildman–Crippen LogP) is 1.65. The molecule has 4 nitrogen and oxygen atoms in total. The number of rotatable bonds is 4. The van der Waals surface area contributed by atoms with E-state index in [-0.39, 0.29) is 35.1 Å². The van der Waals surface area contributed by atoms with Crippen LogP contribution in [0.15, 0.2) is 0 Å². The van der Waals surface area contributed by atoms with E-state index < -0.39 is 0 Å². The Hall–Kier alpha value is -0.900. The Kier molecular flexibility index (Phi) is 4.54. The maximum absolute atomic E-state index is 11.9. The highest BCUT2D eigenvalue weighted by Crippen LogP contribution is 2.25. The van der Waals surface area contributed by atoms with Gasteiger partial charge >= 0.3 is 0 Å². The van der Waals surface area contributed by atoms with Gasteiger partial charge in [-0.05, 0) is 33.2 Å². The lowest BCUT2D eigenvalue weighted by Crippen LogP contribution is -2.42. The molecule has 0 spiro atoms. The minimum absolute atomic E-state index is 0.0184. The standard InChI is InChI=1S/C14H26N2O2/c1-9(7-15-14(4,5)6)8-16-12(17)10(2)11(3)13(16)18/h9-11,15H,7-8H2,1-6H3. The van der Waals surface area contributed by atoms with Crippen LogP contribution < -0.4 is 5.32 Å². The third kappa shape index (κ3) is 3.55. The van der Waals surface area contributed by atoms with E-state index in [2.05, 4.69) is 33.0 Å². The van der Waals surface area contributed by atoms with Gasteiger partial charge < -0.3 is 5.32 Å². The molecule has 0 bridgehead atoms. The van der Waals surface area contributed by atoms with Crippen LogP contribution in [-0.4, -0.2) is 35.3 Å². The van der Waals surface area contributed by atoms with Crippen molar-refractivity contribution in [3.63, 3.8) is 0 Å². The summed E-state index contributed by atoms with van der Waals surface area (Å²) in [6.07, 6.45) is 0. The number of imide groups is 1. The maximum atomic E-state index is 11.9. The average molecular weight is 254 g/mol. The molecule has 0 aromatic rings. The van der Waals surface area contributed by atoms with Crippen LogP contribution in [0.3, 0.4) is 0 Å². The summed E-state index contributed by atoms with van der Waals surface area (Å²) in [6, 6.07) is 0. The molecule has 1 aliphatic rings. The molecule has 3 atom stereocenters. The molecule has 0 aromatic heterocycles. The van der Waals surface area contributed by atoms with Gasteiger partial charge in [0.05, 0.1) is 0 Å². The van der Waals surface area contributed by atoms with Crippen LogP contribution in [-0.2, 0) is 9.59 Å². The molecule has 18 heavy (non-hydrogen) atoms. The van der Waals surface area contributed by atoms with E-state index in [4.69, 9.17) is 0 Å². The van der Waals surface area contributed by atoms with E-state index in [0.29, 0.717) is 6.54 Å². The van der Waals surface area contributed by atoms with E-state index in [9.17, 15) is 9.59 Å². The molecule has 0 radical (unpaired) electrons. The van der Waals surface area contributed by atoms with Crippen LogP contribution in [0.25, 0.3) is 0 Å². The number of hydrogen-bond acceptors (Lipinski definition) is 3. The van der Waals surface area contributed by atoms with E-state index in [1.165, 1.54) is 4.90 Å². The summed E-state index contributed by atoms with van der Waals surface area (Å²) in [6.45, 7) is 13.4. The second kappa shape index (κ2) is 5.39. The van der Waals surface area contributed by atoms with Crippen LogP contribution in [0.2, 0.25) is 0 Å². The number of carbonyl (C=O) groups excluding carboxylic acids is 2. The Morgan fingerprint density at radius 2 is 1.61 bits per heavy atom. The van der Waals surface area contributed by atoms with Gasteiger partial charge in [-0.25, -0.2) is 0 Å². The predicted molar refractivity (Wildman–Crippen MR) is 72.0 cm³/mol. The largest absolute Gasteiger partial charge is 0.312 e. The number of nitrogens with zero attached hydrogens (tertiary/aromatic N) is 1. The highest BCUT2D eigenvalue weighted by Gasteiger charge is 2.42. The van der Waals surface area contributed by atoms with Gasteiger partial charge in [-0.1, -0.05) is 20.8 Å². The molecule has 2 amide bonds. The molecule has 1 heterocycles. The van der Waals surface area contributed by atoms with Crippen LogP contribution in [0, 0.1) is 17.8 Å². The summed E-state index contributed by atoms with van der Waals surface area (Å²) in [4.78, 5) is 25.3. The monoisotopic (exact) mass is 254 g/mol. The topological polar surface area (TPSA) is 49.4 Å². The van der Waals surface area contributed by atoms with E-state index >= 15 is 0 Å². The van der Waals surface area contributed by atoms with Crippen molar-refractivity contribution < 1.29 is 9.59 Å². The molecule has 3 unspecified atom stereocenters. The first-order valence-corrected chi connectivity index (χ1v) is 6.73. The van der Waals surface area contributed by atoms with E-state index in [1.54, 1.807) is 0 Å². The Bertz CT molecular complexity index is 313. The van der Waals surface area contributed by atoms with E-state index in [1.807, 2.05) is 13.8 Å². The van der Waals surface area contributed by atoms with Crippen LogP contribution in [0.4, 0.5) is 0 Å². The summed E-state index contributed by atoms with van der Waals surface area (Å²) in [5.74, 6) is -0.0969. The van der Waals surface area contributed by atoms with Crippen LogP contribution >= 0.6 is 0 Å². The van der Waals surface area contributed by atoms with Gasteiger partial charge in [0.2, 0.25) is 11.8 Å². The normalized spacial score (nSPS) is 26.9. The van der Waals surface area contributed by atoms with Gasteiger partial charge in [-0.3, -0.25) is 14.5 Å². The van der Waals surface area contributed by atoms with Crippen molar-refractivity contribution in [3.8, 4) is 0 Å². The van der Waals surface area contributed by atoms with Crippen molar-refractivity contribution >= 4 is 11.8 Å². The van der Waals surface area contributed by atoms with Crippen molar-refractivity contribution in [1.82, 2.24) is 10.2 Å². The molecular formula is C14H26N2O2. The van der Waals surface area contributed by atoms with Crippen molar-refractivity contribution in [3.05, 3.63) is 0 Å². The molecule has 1 saturated heterocycles. The Labute approximate surface area is 110 Å². The fraction of sp³-hybridized carbons (Fsp3) is 0.857. The van der Waals surface area contributed by atoms with Gasteiger partial charge in [0.25, 0.3) is 0 Å². The van der Waals surface area contributed by atoms with Gasteiger partial charge in [-0.2, -0.15) is 0 Å². The summed E-state index contributed by atoms with van der Waals surface area (Å²) in [5, 5.41) is 3.40. The molecule has 1 fully saturated rings. The molecule has 1 N–H and O–H groups in total. The van der Waals surface area contributed by atoms with Gasteiger partial charge in [-0.15, -0.1) is 0 Å². The average Bonchev–Trinajstić information content (AvgIpc) is 2.43. The van der Waals surface area contributed by atoms with Crippen molar-refractivity contribution in [1.29, 1.82) is 0 Å². The summed E-state index contributed by atoms with van der Waals surface area (Å²) in [7, 11) is 0. The highest BCUT2D eigenvalue weighted by atomic mass is 16.2. The first kappa shape index (κ1) is 15.2. The fourth-order valence-electron chi connectivity index (χ4n) is 2.06. The number of likely N-dealkylation sites (tertiary alicyclic amines) is 1. The number of hydrogen-bond donors (Lipinski definition) is 1. The lowest BCUT2D eigenvalue weighted by molar-refractivity contribution is -0.140. The van der Waals surface area contributed by atoms with Crippen LogP contribution in [0.5, 0.6) is 0 Å². The molecule has 0 aliphatic carbocycles. The SMILES string of the molecule is CC(CNC(C)(C)C)CN1C(=O)C(C)C(C)C1=O. The van der Waals surface area contributed by atoms with Gasteiger partial charge in [0.1, 0.15) is 0 Å². The van der Waals surface area contributed by atoms with Crippen molar-refractivity contribution in [2.45, 2.75) is 47.1 Å². The Balaban J connectivity index is 2.52. The fourth-order valence-corrected chi connectivity index (χ4v) is 2.06. The van der Waals surface area contributed by atoms with Gasteiger partial charge in [0.15, 0.2) is 0 Å². The smallest absolute Gasteiger partial charge is 0.232 e. The number of nitrogens with one attached hydrogen (secondary N) is 1. The zero-order chi connectivity index (χ0) is 14.1. The molecule has 4 heteroatoms. The molecule has 0 aromatic carbocycles. The minimum Gasteiger partial charge on any atom is -0.312 e. The van der Waals surface area contributed by atoms with E-state index in [0.717, 1.165) is 6.54 Å². The van der Waals surface area contributed by atoms with Gasteiger partial charge in [0, 0.05) is 23.9 Å². The third-order valence-electron chi connectivity index (χ3n) is 3.54. The van der Waals surface area contributed by atoms with Crippen molar-refractivity contribution in [2.24, 2.45) is 17.8 Å². The Morgan fingerprint density at radius 1 is 1.17 bits per heavy atom. The summed E-state index contributed by atoms with van der Waals surface area (Å²) < 4.78 is 0. The first-order valence-electron chi connectivity index (χ1n) is 6.73. The Morgan fingerprint density at radius 3 is 2.00 bits per heavy atom. The molecule has 1 aliphatic heterocycles. The summed E-state index contributed by atoms with van der Waals surface area (Å²) >= 11 is 0. The quantitative estimate of drug-likeness (QED) is 0.776. The highest BCUT2D eigenvalue weighted by molar-refractivity contribution is 6.04. The maximum Gasteiger partial charge on any atom is 0.232 e. The number of carbonyl (C=O) groups is 2. The number of amides is 2. The molecule has 104 valence electrons.